The zero-order valence-corrected chi connectivity index (χ0v) is 13.0. The summed E-state index contributed by atoms with van der Waals surface area (Å²) < 4.78 is 28.5. The van der Waals surface area contributed by atoms with Crippen LogP contribution in [0.4, 0.5) is 14.5 Å². The van der Waals surface area contributed by atoms with Crippen molar-refractivity contribution in [2.75, 3.05) is 5.32 Å². The zero-order valence-electron chi connectivity index (χ0n) is 13.0. The standard InChI is InChI=1S/C18H15F2N3O/c1-12(24)22-17-4-2-3-14(9-17)18-21-5-6-23(18)11-13-7-15(19)10-16(20)8-13/h2-10H,11H2,1H3,(H,22,24). The van der Waals surface area contributed by atoms with Crippen molar-refractivity contribution in [3.63, 3.8) is 0 Å². The van der Waals surface area contributed by atoms with Gasteiger partial charge >= 0.3 is 0 Å². The number of halogens is 2. The van der Waals surface area contributed by atoms with Crippen molar-refractivity contribution in [2.45, 2.75) is 13.5 Å². The maximum absolute atomic E-state index is 13.3. The number of amides is 1. The van der Waals surface area contributed by atoms with Crippen LogP contribution in [0.3, 0.4) is 0 Å². The Morgan fingerprint density at radius 2 is 1.92 bits per heavy atom. The van der Waals surface area contributed by atoms with Crippen LogP contribution < -0.4 is 5.32 Å². The quantitative estimate of drug-likeness (QED) is 0.791. The van der Waals surface area contributed by atoms with Gasteiger partial charge in [-0.3, -0.25) is 4.79 Å². The van der Waals surface area contributed by atoms with E-state index in [0.29, 0.717) is 17.1 Å². The summed E-state index contributed by atoms with van der Waals surface area (Å²) in [6, 6.07) is 10.7. The van der Waals surface area contributed by atoms with Gasteiger partial charge in [-0.15, -0.1) is 0 Å². The van der Waals surface area contributed by atoms with Crippen molar-refractivity contribution < 1.29 is 13.6 Å². The van der Waals surface area contributed by atoms with Gasteiger partial charge in [0.25, 0.3) is 0 Å². The predicted octanol–water partition coefficient (Wildman–Crippen LogP) is 3.84. The van der Waals surface area contributed by atoms with E-state index in [-0.39, 0.29) is 12.5 Å². The van der Waals surface area contributed by atoms with Gasteiger partial charge in [0.1, 0.15) is 17.5 Å². The van der Waals surface area contributed by atoms with E-state index >= 15 is 0 Å². The van der Waals surface area contributed by atoms with Crippen LogP contribution in [-0.4, -0.2) is 15.5 Å². The van der Waals surface area contributed by atoms with Crippen LogP contribution in [0.5, 0.6) is 0 Å². The molecule has 1 amide bonds. The maximum Gasteiger partial charge on any atom is 0.221 e. The van der Waals surface area contributed by atoms with Crippen LogP contribution in [0.25, 0.3) is 11.4 Å². The molecule has 1 heterocycles. The Morgan fingerprint density at radius 3 is 2.62 bits per heavy atom. The van der Waals surface area contributed by atoms with Crippen molar-refractivity contribution in [1.29, 1.82) is 0 Å². The molecule has 0 atom stereocenters. The summed E-state index contributed by atoms with van der Waals surface area (Å²) in [5.41, 5.74) is 1.96. The molecule has 0 spiro atoms. The average Bonchev–Trinajstić information content (AvgIpc) is 2.94. The molecule has 1 N–H and O–H groups in total. The van der Waals surface area contributed by atoms with E-state index in [1.807, 2.05) is 12.1 Å². The number of rotatable bonds is 4. The van der Waals surface area contributed by atoms with Gasteiger partial charge in [-0.25, -0.2) is 13.8 Å². The molecule has 2 aromatic carbocycles. The Hall–Kier alpha value is -3.02. The first-order valence-corrected chi connectivity index (χ1v) is 7.35. The van der Waals surface area contributed by atoms with E-state index in [1.54, 1.807) is 29.1 Å². The number of aromatic nitrogens is 2. The zero-order chi connectivity index (χ0) is 17.1. The Morgan fingerprint density at radius 1 is 1.17 bits per heavy atom. The molecule has 0 unspecified atom stereocenters. The van der Waals surface area contributed by atoms with Gasteiger partial charge in [0, 0.05) is 43.2 Å². The van der Waals surface area contributed by atoms with Gasteiger partial charge in [0.2, 0.25) is 5.91 Å². The Labute approximate surface area is 137 Å². The van der Waals surface area contributed by atoms with Crippen LogP contribution in [0.15, 0.2) is 54.9 Å². The number of benzene rings is 2. The normalized spacial score (nSPS) is 10.6. The third kappa shape index (κ3) is 3.65. The number of carbonyl (C=O) groups excluding carboxylic acids is 1. The fraction of sp³-hybridized carbons (Fsp3) is 0.111. The molecule has 0 aliphatic carbocycles. The minimum atomic E-state index is -0.612. The van der Waals surface area contributed by atoms with Crippen molar-refractivity contribution in [2.24, 2.45) is 0 Å². The predicted molar refractivity (Wildman–Crippen MR) is 87.4 cm³/mol. The largest absolute Gasteiger partial charge is 0.327 e. The molecule has 0 bridgehead atoms. The van der Waals surface area contributed by atoms with E-state index < -0.39 is 11.6 Å². The molecule has 3 aromatic rings. The number of carbonyl (C=O) groups is 1. The molecule has 3 rings (SSSR count). The van der Waals surface area contributed by atoms with E-state index in [0.717, 1.165) is 11.6 Å². The lowest BCUT2D eigenvalue weighted by Gasteiger charge is -2.10. The molecule has 6 heteroatoms. The van der Waals surface area contributed by atoms with Crippen LogP contribution >= 0.6 is 0 Å². The van der Waals surface area contributed by atoms with Gasteiger partial charge in [-0.05, 0) is 29.8 Å². The van der Waals surface area contributed by atoms with E-state index in [4.69, 9.17) is 0 Å². The summed E-state index contributed by atoms with van der Waals surface area (Å²) in [6.45, 7) is 1.72. The second-order valence-corrected chi connectivity index (χ2v) is 5.42. The van der Waals surface area contributed by atoms with Gasteiger partial charge in [0.15, 0.2) is 0 Å². The summed E-state index contributed by atoms with van der Waals surface area (Å²) in [7, 11) is 0. The minimum absolute atomic E-state index is 0.161. The monoisotopic (exact) mass is 327 g/mol. The molecule has 0 aliphatic heterocycles. The third-order valence-corrected chi connectivity index (χ3v) is 3.43. The molecular weight excluding hydrogens is 312 g/mol. The Bertz CT molecular complexity index is 869. The summed E-state index contributed by atoms with van der Waals surface area (Å²) in [4.78, 5) is 15.5. The fourth-order valence-corrected chi connectivity index (χ4v) is 2.54. The number of nitrogens with zero attached hydrogens (tertiary/aromatic N) is 2. The molecule has 0 saturated carbocycles. The highest BCUT2D eigenvalue weighted by molar-refractivity contribution is 5.89. The van der Waals surface area contributed by atoms with Crippen molar-refractivity contribution in [3.8, 4) is 11.4 Å². The molecular formula is C18H15F2N3O. The summed E-state index contributed by atoms with van der Waals surface area (Å²) >= 11 is 0. The molecule has 1 aromatic heterocycles. The summed E-state index contributed by atoms with van der Waals surface area (Å²) in [5, 5.41) is 2.72. The lowest BCUT2D eigenvalue weighted by atomic mass is 10.1. The fourth-order valence-electron chi connectivity index (χ4n) is 2.54. The van der Waals surface area contributed by atoms with Crippen LogP contribution in [0, 0.1) is 11.6 Å². The van der Waals surface area contributed by atoms with E-state index in [1.165, 1.54) is 19.1 Å². The molecule has 122 valence electrons. The van der Waals surface area contributed by atoms with Crippen LogP contribution in [-0.2, 0) is 11.3 Å². The van der Waals surface area contributed by atoms with Crippen molar-refractivity contribution >= 4 is 11.6 Å². The molecule has 0 saturated heterocycles. The highest BCUT2D eigenvalue weighted by Crippen LogP contribution is 2.22. The third-order valence-electron chi connectivity index (χ3n) is 3.43. The SMILES string of the molecule is CC(=O)Nc1cccc(-c2nccn2Cc2cc(F)cc(F)c2)c1. The Kier molecular flexibility index (Phi) is 4.37. The van der Waals surface area contributed by atoms with E-state index in [9.17, 15) is 13.6 Å². The van der Waals surface area contributed by atoms with E-state index in [2.05, 4.69) is 10.3 Å². The van der Waals surface area contributed by atoms with Gasteiger partial charge < -0.3 is 9.88 Å². The molecule has 4 nitrogen and oxygen atoms in total. The summed E-state index contributed by atoms with van der Waals surface area (Å²) in [5.74, 6) is -0.740. The van der Waals surface area contributed by atoms with Crippen LogP contribution in [0.1, 0.15) is 12.5 Å². The van der Waals surface area contributed by atoms with Crippen molar-refractivity contribution in [3.05, 3.63) is 72.1 Å². The number of imidazole rings is 1. The summed E-state index contributed by atoms with van der Waals surface area (Å²) in [6.07, 6.45) is 3.36. The number of hydrogen-bond donors (Lipinski definition) is 1. The topological polar surface area (TPSA) is 46.9 Å². The number of hydrogen-bond acceptors (Lipinski definition) is 2. The smallest absolute Gasteiger partial charge is 0.221 e. The molecule has 0 radical (unpaired) electrons. The molecule has 0 aliphatic rings. The van der Waals surface area contributed by atoms with Gasteiger partial charge in [-0.2, -0.15) is 0 Å². The van der Waals surface area contributed by atoms with Crippen LogP contribution in [0.2, 0.25) is 0 Å². The minimum Gasteiger partial charge on any atom is -0.327 e. The average molecular weight is 327 g/mol. The molecule has 0 fully saturated rings. The lowest BCUT2D eigenvalue weighted by Crippen LogP contribution is -2.06. The highest BCUT2D eigenvalue weighted by Gasteiger charge is 2.09. The maximum atomic E-state index is 13.3. The Balaban J connectivity index is 1.91. The second-order valence-electron chi connectivity index (χ2n) is 5.42. The van der Waals surface area contributed by atoms with Gasteiger partial charge in [-0.1, -0.05) is 12.1 Å². The molecule has 24 heavy (non-hydrogen) atoms. The second kappa shape index (κ2) is 6.62. The first-order chi connectivity index (χ1) is 11.5. The number of anilines is 1. The lowest BCUT2D eigenvalue weighted by molar-refractivity contribution is -0.114. The number of nitrogens with one attached hydrogen (secondary N) is 1. The highest BCUT2D eigenvalue weighted by atomic mass is 19.1. The van der Waals surface area contributed by atoms with Crippen molar-refractivity contribution in [1.82, 2.24) is 9.55 Å². The first-order valence-electron chi connectivity index (χ1n) is 7.35. The first kappa shape index (κ1) is 15.9. The van der Waals surface area contributed by atoms with Gasteiger partial charge in [0.05, 0.1) is 0 Å².